The molecule has 2 N–H and O–H groups in total. The molecule has 0 heterocycles. The zero-order valence-corrected chi connectivity index (χ0v) is 29.7. The normalized spacial score (nSPS) is 11.8. The molecule has 5 heteroatoms. The van der Waals surface area contributed by atoms with Gasteiger partial charge in [0.25, 0.3) is 0 Å². The molecule has 2 rings (SSSR count). The molecule has 0 radical (unpaired) electrons. The maximum absolute atomic E-state index is 5.26. The predicted molar refractivity (Wildman–Crippen MR) is 194 cm³/mol. The van der Waals surface area contributed by atoms with Gasteiger partial charge in [-0.3, -0.25) is 9.98 Å². The van der Waals surface area contributed by atoms with Crippen LogP contribution in [0.5, 0.6) is 0 Å². The summed E-state index contributed by atoms with van der Waals surface area (Å²) < 4.78 is 0. The summed E-state index contributed by atoms with van der Waals surface area (Å²) in [5.74, 6) is 0. The molecule has 0 fully saturated rings. The molecule has 0 atom stereocenters. The second-order valence-corrected chi connectivity index (χ2v) is 12.2. The van der Waals surface area contributed by atoms with E-state index in [0.717, 1.165) is 68.0 Å². The van der Waals surface area contributed by atoms with Gasteiger partial charge in [0.1, 0.15) is 0 Å². The zero-order chi connectivity index (χ0) is 30.8. The fourth-order valence-corrected chi connectivity index (χ4v) is 5.37. The van der Waals surface area contributed by atoms with Crippen LogP contribution in [0.3, 0.4) is 0 Å². The number of aliphatic imine (C=N–C) groups is 2. The van der Waals surface area contributed by atoms with Crippen LogP contribution in [0.25, 0.3) is 0 Å². The van der Waals surface area contributed by atoms with Crippen LogP contribution in [0, 0.1) is 0 Å². The first-order chi connectivity index (χ1) is 21.2. The van der Waals surface area contributed by atoms with Crippen LogP contribution in [-0.4, -0.2) is 24.5 Å². The Morgan fingerprint density at radius 3 is 1.32 bits per heavy atom. The van der Waals surface area contributed by atoms with Crippen molar-refractivity contribution >= 4 is 34.2 Å². The van der Waals surface area contributed by atoms with Crippen LogP contribution in [0.15, 0.2) is 58.5 Å². The molecule has 0 aliphatic rings. The maximum Gasteiger partial charge on any atom is 0.0654 e. The summed E-state index contributed by atoms with van der Waals surface area (Å²) in [6.07, 6.45) is 23.6. The Kier molecular flexibility index (Phi) is 24.7. The van der Waals surface area contributed by atoms with Crippen molar-refractivity contribution in [3.63, 3.8) is 0 Å². The van der Waals surface area contributed by atoms with E-state index < -0.39 is 0 Å². The molecule has 250 valence electrons. The van der Waals surface area contributed by atoms with E-state index in [1.807, 2.05) is 0 Å². The molecule has 0 spiro atoms. The molecule has 2 aromatic carbocycles. The van der Waals surface area contributed by atoms with Crippen molar-refractivity contribution in [1.29, 1.82) is 0 Å². The van der Waals surface area contributed by atoms with Crippen LogP contribution >= 0.6 is 0 Å². The summed E-state index contributed by atoms with van der Waals surface area (Å²) in [7, 11) is 0. The second-order valence-electron chi connectivity index (χ2n) is 12.2. The predicted octanol–water partition coefficient (Wildman–Crippen LogP) is 12.8. The van der Waals surface area contributed by atoms with Gasteiger partial charge in [-0.25, -0.2) is 0 Å². The average molecular weight is 648 g/mol. The van der Waals surface area contributed by atoms with Gasteiger partial charge in [0.2, 0.25) is 0 Å². The van der Waals surface area contributed by atoms with Gasteiger partial charge in [0.15, 0.2) is 0 Å². The van der Waals surface area contributed by atoms with Gasteiger partial charge in [0, 0.05) is 41.0 Å². The number of unbranched alkanes of at least 4 members (excludes halogenated alkanes) is 13. The van der Waals surface area contributed by atoms with Crippen molar-refractivity contribution in [3.05, 3.63) is 48.5 Å². The molecule has 0 bridgehead atoms. The summed E-state index contributed by atoms with van der Waals surface area (Å²) in [5, 5.41) is 7.27. The molecule has 4 nitrogen and oxygen atoms in total. The Balaban J connectivity index is 0.00000968. The van der Waals surface area contributed by atoms with Crippen molar-refractivity contribution in [2.45, 2.75) is 150 Å². The van der Waals surface area contributed by atoms with E-state index in [1.165, 1.54) is 101 Å². The Bertz CT molecular complexity index is 1030. The van der Waals surface area contributed by atoms with Gasteiger partial charge in [-0.1, -0.05) is 123 Å². The number of hydrogen-bond acceptors (Lipinski definition) is 4. The number of hydrogen-bond donors (Lipinski definition) is 2. The maximum atomic E-state index is 5.26. The summed E-state index contributed by atoms with van der Waals surface area (Å²) in [5.41, 5.74) is 6.68. The van der Waals surface area contributed by atoms with Crippen molar-refractivity contribution in [2.24, 2.45) is 9.98 Å². The Labute approximate surface area is 281 Å². The third kappa shape index (κ3) is 18.6. The van der Waals surface area contributed by atoms with E-state index in [0.29, 0.717) is 0 Å². The van der Waals surface area contributed by atoms with Crippen molar-refractivity contribution < 1.29 is 16.5 Å². The largest absolute Gasteiger partial charge is 0.385 e. The van der Waals surface area contributed by atoms with Crippen LogP contribution in [0.2, 0.25) is 0 Å². The topological polar surface area (TPSA) is 48.8 Å². The molecule has 44 heavy (non-hydrogen) atoms. The summed E-state index contributed by atoms with van der Waals surface area (Å²) in [4.78, 5) is 10.5. The van der Waals surface area contributed by atoms with Crippen molar-refractivity contribution in [3.8, 4) is 0 Å². The second kappa shape index (κ2) is 27.2. The number of rotatable bonds is 26. The van der Waals surface area contributed by atoms with Gasteiger partial charge in [-0.2, -0.15) is 0 Å². The summed E-state index contributed by atoms with van der Waals surface area (Å²) in [6, 6.07) is 17.3. The standard InChI is InChI=1S/C39H64N4.Ni/c1-5-9-13-15-17-20-30-40-34-24-22-26-36(32-34)42-38(28-12-8-4)39(29-19-11-7-3)43-37-27-23-25-35(33-37)41-31-21-18-16-14-10-6-2;/h22-27,32-33,40-41H,5-21,28-31H2,1-4H3;. The van der Waals surface area contributed by atoms with E-state index in [-0.39, 0.29) is 16.5 Å². The van der Waals surface area contributed by atoms with Crippen LogP contribution < -0.4 is 10.6 Å². The number of nitrogens with one attached hydrogen (secondary N) is 2. The quantitative estimate of drug-likeness (QED) is 0.0606. The van der Waals surface area contributed by atoms with Gasteiger partial charge < -0.3 is 10.6 Å². The third-order valence-corrected chi connectivity index (χ3v) is 8.06. The zero-order valence-electron chi connectivity index (χ0n) is 28.7. The van der Waals surface area contributed by atoms with E-state index in [9.17, 15) is 0 Å². The van der Waals surface area contributed by atoms with Crippen LogP contribution in [0.1, 0.15) is 150 Å². The average Bonchev–Trinajstić information content (AvgIpc) is 3.02. The summed E-state index contributed by atoms with van der Waals surface area (Å²) >= 11 is 0. The van der Waals surface area contributed by atoms with E-state index in [2.05, 4.69) is 86.9 Å². The van der Waals surface area contributed by atoms with Crippen LogP contribution in [0.4, 0.5) is 22.7 Å². The molecule has 0 aliphatic heterocycles. The Hall–Kier alpha value is -2.13. The van der Waals surface area contributed by atoms with E-state index in [4.69, 9.17) is 9.98 Å². The smallest absolute Gasteiger partial charge is 0.0654 e. The molecular formula is C39H64N4Ni. The monoisotopic (exact) mass is 646 g/mol. The van der Waals surface area contributed by atoms with Gasteiger partial charge in [0.05, 0.1) is 22.8 Å². The molecule has 0 saturated carbocycles. The first kappa shape index (κ1) is 39.9. The molecule has 2 aromatic rings. The van der Waals surface area contributed by atoms with Crippen molar-refractivity contribution in [1.82, 2.24) is 0 Å². The number of anilines is 2. The molecular weight excluding hydrogens is 583 g/mol. The van der Waals surface area contributed by atoms with E-state index >= 15 is 0 Å². The fourth-order valence-electron chi connectivity index (χ4n) is 5.37. The fraction of sp³-hybridized carbons (Fsp3) is 0.641. The SMILES string of the molecule is CCCCCCCCNc1cccc(N=C(CCCC)C(CCCCC)=Nc2cccc(NCCCCCCCC)c2)c1.[Ni]. The van der Waals surface area contributed by atoms with Gasteiger partial charge in [-0.05, 0) is 74.9 Å². The first-order valence-corrected chi connectivity index (χ1v) is 18.0. The Morgan fingerprint density at radius 1 is 0.477 bits per heavy atom. The molecule has 0 unspecified atom stereocenters. The minimum absolute atomic E-state index is 0. The summed E-state index contributed by atoms with van der Waals surface area (Å²) in [6.45, 7) is 11.1. The number of nitrogens with zero attached hydrogens (tertiary/aromatic N) is 2. The molecule has 0 saturated heterocycles. The molecule has 0 aromatic heterocycles. The molecule has 0 aliphatic carbocycles. The van der Waals surface area contributed by atoms with Crippen molar-refractivity contribution in [2.75, 3.05) is 23.7 Å². The van der Waals surface area contributed by atoms with Crippen LogP contribution in [-0.2, 0) is 16.5 Å². The third-order valence-electron chi connectivity index (χ3n) is 8.06. The molecule has 0 amide bonds. The van der Waals surface area contributed by atoms with Gasteiger partial charge >= 0.3 is 0 Å². The first-order valence-electron chi connectivity index (χ1n) is 18.0. The van der Waals surface area contributed by atoms with E-state index in [1.54, 1.807) is 0 Å². The minimum atomic E-state index is 0. The Morgan fingerprint density at radius 2 is 0.864 bits per heavy atom. The van der Waals surface area contributed by atoms with Gasteiger partial charge in [-0.15, -0.1) is 0 Å². The minimum Gasteiger partial charge on any atom is -0.385 e. The number of benzene rings is 2.